The molecule has 0 fully saturated rings. The number of carbonyl (C=O) groups excluding carboxylic acids is 1. The molecule has 124 valence electrons. The molecule has 1 amide bonds. The van der Waals surface area contributed by atoms with E-state index in [1.54, 1.807) is 24.8 Å². The van der Waals surface area contributed by atoms with Crippen LogP contribution < -0.4 is 10.1 Å². The summed E-state index contributed by atoms with van der Waals surface area (Å²) in [6.45, 7) is 6.60. The fourth-order valence-electron chi connectivity index (χ4n) is 1.92. The first-order valence-electron chi connectivity index (χ1n) is 7.55. The summed E-state index contributed by atoms with van der Waals surface area (Å²) in [6.07, 6.45) is 0.897. The van der Waals surface area contributed by atoms with Gasteiger partial charge in [0.05, 0.1) is 12.4 Å². The number of aryl methyl sites for hydroxylation is 3. The number of thioether (sulfide) groups is 1. The van der Waals surface area contributed by atoms with Crippen LogP contribution in [0.25, 0.3) is 0 Å². The van der Waals surface area contributed by atoms with Crippen LogP contribution in [0.3, 0.4) is 0 Å². The van der Waals surface area contributed by atoms with Crippen LogP contribution in [0.2, 0.25) is 0 Å². The Morgan fingerprint density at radius 2 is 2.09 bits per heavy atom. The molecular weight excluding hydrogens is 312 g/mol. The van der Waals surface area contributed by atoms with Gasteiger partial charge in [-0.2, -0.15) is 11.8 Å². The van der Waals surface area contributed by atoms with E-state index >= 15 is 0 Å². The number of rotatable bonds is 8. The molecular formula is C17H22N2O3S. The highest BCUT2D eigenvalue weighted by Crippen LogP contribution is 2.17. The number of amides is 1. The van der Waals surface area contributed by atoms with Gasteiger partial charge in [-0.15, -0.1) is 0 Å². The van der Waals surface area contributed by atoms with E-state index in [-0.39, 0.29) is 5.91 Å². The van der Waals surface area contributed by atoms with Crippen LogP contribution in [-0.4, -0.2) is 29.2 Å². The lowest BCUT2D eigenvalue weighted by Crippen LogP contribution is -2.14. The average Bonchev–Trinajstić information content (AvgIpc) is 2.91. The minimum Gasteiger partial charge on any atom is -0.494 e. The Morgan fingerprint density at radius 1 is 1.26 bits per heavy atom. The summed E-state index contributed by atoms with van der Waals surface area (Å²) in [5.74, 6) is 3.24. The maximum absolute atomic E-state index is 11.7. The zero-order valence-electron chi connectivity index (χ0n) is 13.7. The molecule has 1 aromatic carbocycles. The Kier molecular flexibility index (Phi) is 6.52. The third-order valence-corrected chi connectivity index (χ3v) is 4.35. The second-order valence-corrected chi connectivity index (χ2v) is 6.48. The molecule has 0 aliphatic rings. The number of anilines is 1. The van der Waals surface area contributed by atoms with Crippen molar-refractivity contribution in [1.82, 2.24) is 5.16 Å². The molecule has 1 heterocycles. The number of hydrogen-bond donors (Lipinski definition) is 1. The molecule has 5 nitrogen and oxygen atoms in total. The first kappa shape index (κ1) is 17.4. The largest absolute Gasteiger partial charge is 0.494 e. The van der Waals surface area contributed by atoms with Crippen molar-refractivity contribution >= 4 is 23.5 Å². The van der Waals surface area contributed by atoms with E-state index in [0.717, 1.165) is 17.9 Å². The van der Waals surface area contributed by atoms with Crippen molar-refractivity contribution in [3.63, 3.8) is 0 Å². The molecule has 0 spiro atoms. The second kappa shape index (κ2) is 8.62. The molecule has 1 aromatic heterocycles. The van der Waals surface area contributed by atoms with E-state index in [4.69, 9.17) is 9.26 Å². The molecule has 2 aromatic rings. The Morgan fingerprint density at radius 3 is 2.78 bits per heavy atom. The Labute approximate surface area is 140 Å². The van der Waals surface area contributed by atoms with Crippen LogP contribution in [-0.2, 0) is 4.79 Å². The number of benzene rings is 1. The molecule has 0 radical (unpaired) electrons. The normalized spacial score (nSPS) is 10.6. The first-order valence-corrected chi connectivity index (χ1v) is 8.71. The Bertz CT molecular complexity index is 655. The minimum absolute atomic E-state index is 0.0709. The summed E-state index contributed by atoms with van der Waals surface area (Å²) >= 11 is 1.58. The van der Waals surface area contributed by atoms with Crippen LogP contribution in [0.5, 0.6) is 5.75 Å². The molecule has 0 bridgehead atoms. The van der Waals surface area contributed by atoms with E-state index in [0.29, 0.717) is 23.9 Å². The van der Waals surface area contributed by atoms with Gasteiger partial charge in [0.2, 0.25) is 5.91 Å². The molecule has 2 rings (SSSR count). The van der Waals surface area contributed by atoms with Crippen molar-refractivity contribution in [3.05, 3.63) is 41.2 Å². The van der Waals surface area contributed by atoms with Crippen molar-refractivity contribution in [2.24, 2.45) is 0 Å². The summed E-state index contributed by atoms with van der Waals surface area (Å²) in [4.78, 5) is 11.7. The molecule has 6 heteroatoms. The van der Waals surface area contributed by atoms with Gasteiger partial charge in [-0.25, -0.2) is 0 Å². The Balaban J connectivity index is 1.56. The number of nitrogens with one attached hydrogen (secondary N) is 1. The number of hydrogen-bond acceptors (Lipinski definition) is 5. The highest BCUT2D eigenvalue weighted by Gasteiger charge is 2.06. The molecule has 0 saturated carbocycles. The topological polar surface area (TPSA) is 64.4 Å². The fraction of sp³-hybridized carbons (Fsp3) is 0.412. The van der Waals surface area contributed by atoms with Gasteiger partial charge in [-0.1, -0.05) is 11.2 Å². The summed E-state index contributed by atoms with van der Waals surface area (Å²) in [7, 11) is 0. The standard InChI is InChI=1S/C17H22N2O3S/c1-12-5-6-15(9-13(12)2)21-7-4-8-23-11-17(20)18-16-10-14(3)22-19-16/h5-6,9-10H,4,7-8,11H2,1-3H3,(H,18,19,20). The molecule has 0 aliphatic heterocycles. The van der Waals surface area contributed by atoms with Crippen LogP contribution in [0.4, 0.5) is 5.82 Å². The number of ether oxygens (including phenoxy) is 1. The van der Waals surface area contributed by atoms with Crippen molar-refractivity contribution in [1.29, 1.82) is 0 Å². The molecule has 1 N–H and O–H groups in total. The quantitative estimate of drug-likeness (QED) is 0.745. The van der Waals surface area contributed by atoms with E-state index in [2.05, 4.69) is 36.5 Å². The lowest BCUT2D eigenvalue weighted by molar-refractivity contribution is -0.113. The lowest BCUT2D eigenvalue weighted by Gasteiger charge is -2.08. The molecule has 0 aliphatic carbocycles. The highest BCUT2D eigenvalue weighted by molar-refractivity contribution is 7.99. The van der Waals surface area contributed by atoms with Crippen molar-refractivity contribution in [3.8, 4) is 5.75 Å². The average molecular weight is 334 g/mol. The summed E-state index contributed by atoms with van der Waals surface area (Å²) in [6, 6.07) is 7.80. The van der Waals surface area contributed by atoms with E-state index < -0.39 is 0 Å². The zero-order valence-corrected chi connectivity index (χ0v) is 14.5. The van der Waals surface area contributed by atoms with Gasteiger partial charge in [-0.3, -0.25) is 4.79 Å². The van der Waals surface area contributed by atoms with Gasteiger partial charge >= 0.3 is 0 Å². The van der Waals surface area contributed by atoms with Gasteiger partial charge in [0, 0.05) is 6.07 Å². The van der Waals surface area contributed by atoms with Crippen LogP contribution in [0.1, 0.15) is 23.3 Å². The first-order chi connectivity index (χ1) is 11.0. The fourth-order valence-corrected chi connectivity index (χ4v) is 2.65. The SMILES string of the molecule is Cc1cc(NC(=O)CSCCCOc2ccc(C)c(C)c2)no1. The summed E-state index contributed by atoms with van der Waals surface area (Å²) in [5, 5.41) is 6.42. The van der Waals surface area contributed by atoms with Crippen molar-refractivity contribution in [2.75, 3.05) is 23.4 Å². The van der Waals surface area contributed by atoms with E-state index in [1.165, 1.54) is 11.1 Å². The second-order valence-electron chi connectivity index (χ2n) is 5.37. The third-order valence-electron chi connectivity index (χ3n) is 3.31. The lowest BCUT2D eigenvalue weighted by atomic mass is 10.1. The molecule has 0 atom stereocenters. The molecule has 0 unspecified atom stereocenters. The van der Waals surface area contributed by atoms with Crippen LogP contribution in [0, 0.1) is 20.8 Å². The predicted molar refractivity (Wildman–Crippen MR) is 93.2 cm³/mol. The summed E-state index contributed by atoms with van der Waals surface area (Å²) in [5.41, 5.74) is 2.50. The van der Waals surface area contributed by atoms with Gasteiger partial charge in [0.15, 0.2) is 5.82 Å². The predicted octanol–water partition coefficient (Wildman–Crippen LogP) is 3.74. The van der Waals surface area contributed by atoms with Crippen molar-refractivity contribution in [2.45, 2.75) is 27.2 Å². The highest BCUT2D eigenvalue weighted by atomic mass is 32.2. The maximum Gasteiger partial charge on any atom is 0.235 e. The monoisotopic (exact) mass is 334 g/mol. The van der Waals surface area contributed by atoms with E-state index in [1.807, 2.05) is 6.07 Å². The Hall–Kier alpha value is -1.95. The third kappa shape index (κ3) is 5.98. The molecule has 23 heavy (non-hydrogen) atoms. The van der Waals surface area contributed by atoms with Crippen molar-refractivity contribution < 1.29 is 14.1 Å². The number of carbonyl (C=O) groups is 1. The molecule has 0 saturated heterocycles. The zero-order chi connectivity index (χ0) is 16.7. The smallest absolute Gasteiger partial charge is 0.235 e. The van der Waals surface area contributed by atoms with Crippen LogP contribution >= 0.6 is 11.8 Å². The van der Waals surface area contributed by atoms with E-state index in [9.17, 15) is 4.79 Å². The van der Waals surface area contributed by atoms with Gasteiger partial charge < -0.3 is 14.6 Å². The number of aromatic nitrogens is 1. The van der Waals surface area contributed by atoms with Gasteiger partial charge in [0.25, 0.3) is 0 Å². The summed E-state index contributed by atoms with van der Waals surface area (Å²) < 4.78 is 10.6. The van der Waals surface area contributed by atoms with Crippen LogP contribution in [0.15, 0.2) is 28.8 Å². The maximum atomic E-state index is 11.7. The van der Waals surface area contributed by atoms with Gasteiger partial charge in [-0.05, 0) is 56.2 Å². The van der Waals surface area contributed by atoms with Gasteiger partial charge in [0.1, 0.15) is 11.5 Å². The minimum atomic E-state index is -0.0709. The number of nitrogens with zero attached hydrogens (tertiary/aromatic N) is 1.